The number of rotatable bonds is 6. The number of benzene rings is 1. The maximum absolute atomic E-state index is 12.2. The molecule has 3 N–H and O–H groups in total. The van der Waals surface area contributed by atoms with E-state index in [1.165, 1.54) is 14.0 Å². The Morgan fingerprint density at radius 1 is 1.32 bits per heavy atom. The van der Waals surface area contributed by atoms with Crippen LogP contribution in [0.1, 0.15) is 33.0 Å². The van der Waals surface area contributed by atoms with Gasteiger partial charge in [0.2, 0.25) is 0 Å². The molecule has 25 heavy (non-hydrogen) atoms. The number of para-hydroxylation sites is 1. The summed E-state index contributed by atoms with van der Waals surface area (Å²) in [6.45, 7) is 6.66. The standard InChI is InChI=1S/C18H23N3O2.CH5N/c1-12(2)10-21(4)11-14(9-13(3)22)17-19-16-8-6-5-7-15(16)18(23)20-17;1-2/h5-8,11-12H,9-10H2,1-4H3,(H,19,20,23);2H2,1H3/b14-11+;. The molecule has 1 aromatic heterocycles. The predicted molar refractivity (Wildman–Crippen MR) is 103 cm³/mol. The summed E-state index contributed by atoms with van der Waals surface area (Å²) in [5.74, 6) is 0.989. The highest BCUT2D eigenvalue weighted by Crippen LogP contribution is 2.17. The number of Topliss-reactive ketones (excluding diaryl/α,β-unsaturated/α-hetero) is 1. The summed E-state index contributed by atoms with van der Waals surface area (Å²) in [6.07, 6.45) is 2.14. The smallest absolute Gasteiger partial charge is 0.259 e. The zero-order valence-corrected chi connectivity index (χ0v) is 15.7. The average molecular weight is 344 g/mol. The quantitative estimate of drug-likeness (QED) is 0.839. The van der Waals surface area contributed by atoms with E-state index in [9.17, 15) is 9.59 Å². The van der Waals surface area contributed by atoms with Gasteiger partial charge in [-0.15, -0.1) is 0 Å². The zero-order chi connectivity index (χ0) is 19.0. The maximum Gasteiger partial charge on any atom is 0.259 e. The second-order valence-corrected chi connectivity index (χ2v) is 6.30. The number of ketones is 1. The van der Waals surface area contributed by atoms with E-state index in [0.29, 0.717) is 22.6 Å². The van der Waals surface area contributed by atoms with Crippen LogP contribution in [0, 0.1) is 5.92 Å². The summed E-state index contributed by atoms with van der Waals surface area (Å²) in [4.78, 5) is 33.2. The minimum Gasteiger partial charge on any atom is -0.380 e. The summed E-state index contributed by atoms with van der Waals surface area (Å²) >= 11 is 0. The second kappa shape index (κ2) is 9.74. The molecule has 6 heteroatoms. The third kappa shape index (κ3) is 6.15. The molecule has 0 saturated carbocycles. The monoisotopic (exact) mass is 344 g/mol. The molecule has 2 rings (SSSR count). The van der Waals surface area contributed by atoms with E-state index in [1.54, 1.807) is 12.1 Å². The number of nitrogens with one attached hydrogen (secondary N) is 1. The molecule has 0 radical (unpaired) electrons. The van der Waals surface area contributed by atoms with Crippen molar-refractivity contribution in [1.82, 2.24) is 14.9 Å². The molecule has 0 aliphatic carbocycles. The van der Waals surface area contributed by atoms with E-state index in [4.69, 9.17) is 0 Å². The van der Waals surface area contributed by atoms with Gasteiger partial charge in [-0.3, -0.25) is 9.59 Å². The van der Waals surface area contributed by atoms with E-state index in [1.807, 2.05) is 30.3 Å². The molecule has 0 saturated heterocycles. The van der Waals surface area contributed by atoms with Crippen LogP contribution >= 0.6 is 0 Å². The number of carbonyl (C=O) groups is 1. The summed E-state index contributed by atoms with van der Waals surface area (Å²) in [5.41, 5.74) is 5.67. The third-order valence-electron chi connectivity index (χ3n) is 3.39. The molecule has 0 spiro atoms. The van der Waals surface area contributed by atoms with Crippen LogP contribution in [0.3, 0.4) is 0 Å². The fourth-order valence-corrected chi connectivity index (χ4v) is 2.59. The molecule has 0 aliphatic heterocycles. The van der Waals surface area contributed by atoms with Gasteiger partial charge in [0.05, 0.1) is 10.9 Å². The molecular formula is C19H28N4O2. The minimum atomic E-state index is -0.188. The van der Waals surface area contributed by atoms with Gasteiger partial charge < -0.3 is 15.6 Å². The van der Waals surface area contributed by atoms with Crippen molar-refractivity contribution >= 4 is 22.3 Å². The maximum atomic E-state index is 12.2. The minimum absolute atomic E-state index is 0.0324. The number of fused-ring (bicyclic) bond motifs is 1. The normalized spacial score (nSPS) is 11.2. The van der Waals surface area contributed by atoms with Crippen LogP contribution in [0.2, 0.25) is 0 Å². The Morgan fingerprint density at radius 3 is 2.56 bits per heavy atom. The first-order valence-corrected chi connectivity index (χ1v) is 8.34. The molecule has 0 bridgehead atoms. The highest BCUT2D eigenvalue weighted by atomic mass is 16.1. The molecule has 0 unspecified atom stereocenters. The van der Waals surface area contributed by atoms with Crippen molar-refractivity contribution in [2.75, 3.05) is 20.6 Å². The lowest BCUT2D eigenvalue weighted by atomic mass is 10.1. The first-order chi connectivity index (χ1) is 11.9. The van der Waals surface area contributed by atoms with Crippen LogP contribution < -0.4 is 11.3 Å². The summed E-state index contributed by atoms with van der Waals surface area (Å²) < 4.78 is 0. The van der Waals surface area contributed by atoms with Crippen molar-refractivity contribution in [2.24, 2.45) is 11.7 Å². The number of carbonyl (C=O) groups excluding carboxylic acids is 1. The van der Waals surface area contributed by atoms with Gasteiger partial charge in [0.25, 0.3) is 5.56 Å². The molecule has 0 atom stereocenters. The fourth-order valence-electron chi connectivity index (χ4n) is 2.59. The van der Waals surface area contributed by atoms with Crippen LogP contribution in [0.4, 0.5) is 0 Å². The van der Waals surface area contributed by atoms with E-state index in [0.717, 1.165) is 12.1 Å². The number of aromatic nitrogens is 2. The molecular weight excluding hydrogens is 316 g/mol. The van der Waals surface area contributed by atoms with Gasteiger partial charge in [0, 0.05) is 31.8 Å². The number of H-pyrrole nitrogens is 1. The molecule has 6 nitrogen and oxygen atoms in total. The average Bonchev–Trinajstić information content (AvgIpc) is 2.55. The molecule has 1 aromatic carbocycles. The van der Waals surface area contributed by atoms with Gasteiger partial charge in [0.15, 0.2) is 0 Å². The Labute approximate surface area is 148 Å². The van der Waals surface area contributed by atoms with E-state index < -0.39 is 0 Å². The molecule has 0 aliphatic rings. The predicted octanol–water partition coefficient (Wildman–Crippen LogP) is 2.41. The summed E-state index contributed by atoms with van der Waals surface area (Å²) in [6, 6.07) is 7.20. The van der Waals surface area contributed by atoms with Gasteiger partial charge >= 0.3 is 0 Å². The largest absolute Gasteiger partial charge is 0.380 e. The van der Waals surface area contributed by atoms with Gasteiger partial charge in [-0.05, 0) is 32.0 Å². The zero-order valence-electron chi connectivity index (χ0n) is 15.7. The van der Waals surface area contributed by atoms with Crippen molar-refractivity contribution in [3.8, 4) is 0 Å². The number of allylic oxidation sites excluding steroid dienone is 1. The molecule has 136 valence electrons. The molecule has 0 amide bonds. The highest BCUT2D eigenvalue weighted by Gasteiger charge is 2.11. The number of hydrogen-bond donors (Lipinski definition) is 2. The van der Waals surface area contributed by atoms with Gasteiger partial charge in [-0.25, -0.2) is 4.98 Å². The SMILES string of the molecule is CC(=O)C/C(=C\N(C)CC(C)C)c1nc2ccccc2c(=O)[nH]1.CN. The van der Waals surface area contributed by atoms with Crippen LogP contribution in [0.15, 0.2) is 35.3 Å². The van der Waals surface area contributed by atoms with Gasteiger partial charge in [0.1, 0.15) is 11.6 Å². The molecule has 2 aromatic rings. The first kappa shape index (κ1) is 20.6. The summed E-state index contributed by atoms with van der Waals surface area (Å²) in [5, 5.41) is 0.550. The van der Waals surface area contributed by atoms with Crippen LogP contribution in [0.5, 0.6) is 0 Å². The van der Waals surface area contributed by atoms with Crippen molar-refractivity contribution in [3.05, 3.63) is 46.6 Å². The summed E-state index contributed by atoms with van der Waals surface area (Å²) in [7, 11) is 3.46. The Kier molecular flexibility index (Phi) is 8.01. The number of nitrogens with two attached hydrogens (primary N) is 1. The van der Waals surface area contributed by atoms with Crippen LogP contribution in [-0.2, 0) is 4.79 Å². The third-order valence-corrected chi connectivity index (χ3v) is 3.39. The lowest BCUT2D eigenvalue weighted by Gasteiger charge is -2.18. The highest BCUT2D eigenvalue weighted by molar-refractivity contribution is 5.88. The van der Waals surface area contributed by atoms with Crippen molar-refractivity contribution in [1.29, 1.82) is 0 Å². The lowest BCUT2D eigenvalue weighted by molar-refractivity contribution is -0.116. The Morgan fingerprint density at radius 2 is 1.96 bits per heavy atom. The fraction of sp³-hybridized carbons (Fsp3) is 0.421. The molecule has 0 fully saturated rings. The second-order valence-electron chi connectivity index (χ2n) is 6.30. The van der Waals surface area contributed by atoms with Crippen LogP contribution in [-0.4, -0.2) is 41.3 Å². The van der Waals surface area contributed by atoms with Gasteiger partial charge in [-0.2, -0.15) is 0 Å². The number of hydrogen-bond acceptors (Lipinski definition) is 5. The van der Waals surface area contributed by atoms with E-state index in [2.05, 4.69) is 29.5 Å². The lowest BCUT2D eigenvalue weighted by Crippen LogP contribution is -2.19. The Balaban J connectivity index is 0.00000151. The van der Waals surface area contributed by atoms with Crippen molar-refractivity contribution in [2.45, 2.75) is 27.2 Å². The van der Waals surface area contributed by atoms with Crippen molar-refractivity contribution < 1.29 is 4.79 Å². The van der Waals surface area contributed by atoms with Crippen molar-refractivity contribution in [3.63, 3.8) is 0 Å². The number of nitrogens with zero attached hydrogens (tertiary/aromatic N) is 2. The van der Waals surface area contributed by atoms with Crippen LogP contribution in [0.25, 0.3) is 16.5 Å². The first-order valence-electron chi connectivity index (χ1n) is 8.34. The van der Waals surface area contributed by atoms with E-state index >= 15 is 0 Å². The van der Waals surface area contributed by atoms with E-state index in [-0.39, 0.29) is 17.8 Å². The molecule has 1 heterocycles. The number of aromatic amines is 1. The topological polar surface area (TPSA) is 92.1 Å². The Hall–Kier alpha value is -2.47. The van der Waals surface area contributed by atoms with Gasteiger partial charge in [-0.1, -0.05) is 26.0 Å². The Bertz CT molecular complexity index is 793.